The molecule has 0 aliphatic carbocycles. The number of nitrogens with zero attached hydrogens (tertiary/aromatic N) is 1. The maximum absolute atomic E-state index is 12.2. The van der Waals surface area contributed by atoms with Crippen molar-refractivity contribution in [1.29, 1.82) is 0 Å². The summed E-state index contributed by atoms with van der Waals surface area (Å²) in [5.41, 5.74) is 0.813. The first-order valence-electron chi connectivity index (χ1n) is 8.02. The molecule has 134 valence electrons. The topological polar surface area (TPSA) is 105 Å². The fourth-order valence-electron chi connectivity index (χ4n) is 2.51. The summed E-state index contributed by atoms with van der Waals surface area (Å²) in [7, 11) is 1.43. The molecule has 1 aromatic carbocycles. The second-order valence-corrected chi connectivity index (χ2v) is 5.54. The lowest BCUT2D eigenvalue weighted by atomic mass is 10.1. The van der Waals surface area contributed by atoms with Crippen LogP contribution in [0.15, 0.2) is 24.3 Å². The largest absolute Gasteiger partial charge is 0.375 e. The lowest BCUT2D eigenvalue weighted by Gasteiger charge is -2.13. The highest BCUT2D eigenvalue weighted by atomic mass is 16.5. The molecule has 8 heteroatoms. The number of hydrogen-bond donors (Lipinski definition) is 2. The van der Waals surface area contributed by atoms with Crippen molar-refractivity contribution in [2.75, 3.05) is 33.4 Å². The summed E-state index contributed by atoms with van der Waals surface area (Å²) in [6, 6.07) is 6.68. The van der Waals surface area contributed by atoms with Crippen LogP contribution < -0.4 is 10.6 Å². The van der Waals surface area contributed by atoms with E-state index in [1.54, 1.807) is 24.3 Å². The Hall–Kier alpha value is -2.74. The van der Waals surface area contributed by atoms with Crippen LogP contribution >= 0.6 is 0 Å². The van der Waals surface area contributed by atoms with E-state index in [0.717, 1.165) is 0 Å². The van der Waals surface area contributed by atoms with Gasteiger partial charge < -0.3 is 15.4 Å². The van der Waals surface area contributed by atoms with E-state index in [0.29, 0.717) is 30.6 Å². The SMILES string of the molecule is COCC(=O)NCCNC(=O)CCCN1C(=O)c2ccccc2C1=O. The molecule has 2 N–H and O–H groups in total. The van der Waals surface area contributed by atoms with Crippen LogP contribution in [-0.4, -0.2) is 61.9 Å². The molecule has 25 heavy (non-hydrogen) atoms. The Bertz CT molecular complexity index is 639. The summed E-state index contributed by atoms with van der Waals surface area (Å²) in [6.45, 7) is 0.798. The van der Waals surface area contributed by atoms with Gasteiger partial charge in [-0.25, -0.2) is 0 Å². The predicted molar refractivity (Wildman–Crippen MR) is 88.9 cm³/mol. The van der Waals surface area contributed by atoms with E-state index in [-0.39, 0.29) is 43.2 Å². The number of benzene rings is 1. The maximum atomic E-state index is 12.2. The van der Waals surface area contributed by atoms with Gasteiger partial charge in [0, 0.05) is 33.2 Å². The van der Waals surface area contributed by atoms with Gasteiger partial charge >= 0.3 is 0 Å². The minimum absolute atomic E-state index is 0.0196. The smallest absolute Gasteiger partial charge is 0.261 e. The molecule has 0 saturated heterocycles. The second-order valence-electron chi connectivity index (χ2n) is 5.54. The van der Waals surface area contributed by atoms with Crippen LogP contribution in [0.2, 0.25) is 0 Å². The van der Waals surface area contributed by atoms with Gasteiger partial charge in [0.15, 0.2) is 0 Å². The Balaban J connectivity index is 1.66. The van der Waals surface area contributed by atoms with Crippen molar-refractivity contribution in [3.8, 4) is 0 Å². The number of carbonyl (C=O) groups is 4. The quantitative estimate of drug-likeness (QED) is 0.481. The molecule has 1 aromatic rings. The molecular formula is C17H21N3O5. The summed E-state index contributed by atoms with van der Waals surface area (Å²) >= 11 is 0. The average Bonchev–Trinajstić information content (AvgIpc) is 2.84. The monoisotopic (exact) mass is 347 g/mol. The molecule has 0 atom stereocenters. The highest BCUT2D eigenvalue weighted by Gasteiger charge is 2.34. The minimum atomic E-state index is -0.318. The average molecular weight is 347 g/mol. The van der Waals surface area contributed by atoms with Gasteiger partial charge in [-0.15, -0.1) is 0 Å². The lowest BCUT2D eigenvalue weighted by molar-refractivity contribution is -0.125. The third kappa shape index (κ3) is 4.87. The van der Waals surface area contributed by atoms with Crippen molar-refractivity contribution in [3.63, 3.8) is 0 Å². The van der Waals surface area contributed by atoms with Gasteiger partial charge in [0.25, 0.3) is 11.8 Å². The third-order valence-electron chi connectivity index (χ3n) is 3.71. The van der Waals surface area contributed by atoms with Gasteiger partial charge in [0.2, 0.25) is 11.8 Å². The molecule has 0 radical (unpaired) electrons. The number of ether oxygens (including phenoxy) is 1. The van der Waals surface area contributed by atoms with Gasteiger partial charge in [-0.2, -0.15) is 0 Å². The first-order valence-corrected chi connectivity index (χ1v) is 8.02. The zero-order valence-electron chi connectivity index (χ0n) is 14.0. The summed E-state index contributed by atoms with van der Waals surface area (Å²) in [5.74, 6) is -1.08. The van der Waals surface area contributed by atoms with Crippen LogP contribution in [-0.2, 0) is 14.3 Å². The van der Waals surface area contributed by atoms with Crippen LogP contribution in [0, 0.1) is 0 Å². The van der Waals surface area contributed by atoms with Crippen molar-refractivity contribution in [2.45, 2.75) is 12.8 Å². The second kappa shape index (κ2) is 8.93. The molecule has 0 aromatic heterocycles. The zero-order valence-corrected chi connectivity index (χ0v) is 14.0. The first kappa shape index (κ1) is 18.6. The van der Waals surface area contributed by atoms with Crippen LogP contribution in [0.4, 0.5) is 0 Å². The molecule has 1 aliphatic heterocycles. The number of methoxy groups -OCH3 is 1. The Kier molecular flexibility index (Phi) is 6.64. The maximum Gasteiger partial charge on any atom is 0.261 e. The number of fused-ring (bicyclic) bond motifs is 1. The number of imide groups is 1. The van der Waals surface area contributed by atoms with Crippen molar-refractivity contribution in [3.05, 3.63) is 35.4 Å². The highest BCUT2D eigenvalue weighted by molar-refractivity contribution is 6.21. The predicted octanol–water partition coefficient (Wildman–Crippen LogP) is -0.0584. The molecule has 8 nitrogen and oxygen atoms in total. The van der Waals surface area contributed by atoms with Crippen LogP contribution in [0.25, 0.3) is 0 Å². The Morgan fingerprint density at radius 2 is 1.56 bits per heavy atom. The molecule has 0 bridgehead atoms. The van der Waals surface area contributed by atoms with Crippen molar-refractivity contribution >= 4 is 23.6 Å². The number of hydrogen-bond acceptors (Lipinski definition) is 5. The highest BCUT2D eigenvalue weighted by Crippen LogP contribution is 2.22. The normalized spacial score (nSPS) is 12.9. The van der Waals surface area contributed by atoms with Crippen molar-refractivity contribution in [1.82, 2.24) is 15.5 Å². The van der Waals surface area contributed by atoms with Crippen LogP contribution in [0.3, 0.4) is 0 Å². The van der Waals surface area contributed by atoms with Crippen molar-refractivity contribution < 1.29 is 23.9 Å². The van der Waals surface area contributed by atoms with E-state index >= 15 is 0 Å². The van der Waals surface area contributed by atoms with Gasteiger partial charge in [-0.1, -0.05) is 12.1 Å². The molecular weight excluding hydrogens is 326 g/mol. The molecule has 2 rings (SSSR count). The van der Waals surface area contributed by atoms with Crippen LogP contribution in [0.1, 0.15) is 33.6 Å². The lowest BCUT2D eigenvalue weighted by Crippen LogP contribution is -2.36. The molecule has 1 heterocycles. The number of nitrogens with one attached hydrogen (secondary N) is 2. The molecule has 0 saturated carbocycles. The van der Waals surface area contributed by atoms with Gasteiger partial charge in [0.1, 0.15) is 6.61 Å². The Labute approximate surface area is 145 Å². The van der Waals surface area contributed by atoms with E-state index in [2.05, 4.69) is 15.4 Å². The van der Waals surface area contributed by atoms with Gasteiger partial charge in [-0.3, -0.25) is 24.1 Å². The van der Waals surface area contributed by atoms with Crippen LogP contribution in [0.5, 0.6) is 0 Å². The van der Waals surface area contributed by atoms with E-state index in [9.17, 15) is 19.2 Å². The van der Waals surface area contributed by atoms with E-state index in [4.69, 9.17) is 0 Å². The molecule has 1 aliphatic rings. The molecule has 4 amide bonds. The fraction of sp³-hybridized carbons (Fsp3) is 0.412. The number of amides is 4. The first-order chi connectivity index (χ1) is 12.0. The Morgan fingerprint density at radius 3 is 2.12 bits per heavy atom. The minimum Gasteiger partial charge on any atom is -0.375 e. The van der Waals surface area contributed by atoms with Crippen molar-refractivity contribution in [2.24, 2.45) is 0 Å². The number of carbonyl (C=O) groups excluding carboxylic acids is 4. The summed E-state index contributed by atoms with van der Waals surface area (Å²) in [6.07, 6.45) is 0.576. The van der Waals surface area contributed by atoms with Gasteiger partial charge in [-0.05, 0) is 18.6 Å². The third-order valence-corrected chi connectivity index (χ3v) is 3.71. The zero-order chi connectivity index (χ0) is 18.2. The summed E-state index contributed by atoms with van der Waals surface area (Å²) in [4.78, 5) is 48.4. The van der Waals surface area contributed by atoms with Gasteiger partial charge in [0.05, 0.1) is 11.1 Å². The van der Waals surface area contributed by atoms with E-state index < -0.39 is 0 Å². The van der Waals surface area contributed by atoms with E-state index in [1.807, 2.05) is 0 Å². The standard InChI is InChI=1S/C17H21N3O5/c1-25-11-15(22)19-9-8-18-14(21)7-4-10-20-16(23)12-5-2-3-6-13(12)17(20)24/h2-3,5-6H,4,7-11H2,1H3,(H,18,21)(H,19,22). The summed E-state index contributed by atoms with van der Waals surface area (Å²) < 4.78 is 4.67. The summed E-state index contributed by atoms with van der Waals surface area (Å²) in [5, 5.41) is 5.25. The number of rotatable bonds is 9. The molecule has 0 fully saturated rings. The van der Waals surface area contributed by atoms with E-state index in [1.165, 1.54) is 12.0 Å². The molecule has 0 unspecified atom stereocenters. The molecule has 0 spiro atoms. The Morgan fingerprint density at radius 1 is 1.00 bits per heavy atom. The fourth-order valence-corrected chi connectivity index (χ4v) is 2.51.